The molecule has 1 aromatic rings. The first-order valence-corrected chi connectivity index (χ1v) is 3.64. The minimum absolute atomic E-state index is 0. The largest absolute Gasteiger partial charge is 0.312 e. The summed E-state index contributed by atoms with van der Waals surface area (Å²) in [6.07, 6.45) is 0. The van der Waals surface area contributed by atoms with E-state index >= 15 is 0 Å². The Morgan fingerprint density at radius 2 is 1.75 bits per heavy atom. The van der Waals surface area contributed by atoms with Crippen molar-refractivity contribution in [3.63, 3.8) is 0 Å². The van der Waals surface area contributed by atoms with Crippen molar-refractivity contribution in [2.45, 2.75) is 0 Å². The molecule has 12 heavy (non-hydrogen) atoms. The fourth-order valence-electron chi connectivity index (χ4n) is 1.12. The first kappa shape index (κ1) is 9.39. The van der Waals surface area contributed by atoms with Gasteiger partial charge in [-0.25, -0.2) is 0 Å². The van der Waals surface area contributed by atoms with Gasteiger partial charge in [0.2, 0.25) is 0 Å². The Hall–Kier alpha value is -0.701. The Morgan fingerprint density at radius 1 is 1.17 bits per heavy atom. The zero-order valence-electron chi connectivity index (χ0n) is 5.93. The van der Waals surface area contributed by atoms with Crippen LogP contribution in [0.15, 0.2) is 24.3 Å². The van der Waals surface area contributed by atoms with E-state index in [1.54, 1.807) is 6.07 Å². The third-order valence-corrected chi connectivity index (χ3v) is 1.97. The molecule has 0 unspecified atom stereocenters. The zero-order chi connectivity index (χ0) is 7.84. The van der Waals surface area contributed by atoms with Crippen LogP contribution in [-0.2, 0) is 17.1 Å². The summed E-state index contributed by atoms with van der Waals surface area (Å²) in [6, 6.07) is 7.30. The van der Waals surface area contributed by atoms with Gasteiger partial charge in [0.25, 0.3) is 5.91 Å². The average molecular weight is 227 g/mol. The minimum Gasteiger partial charge on any atom is -0.312 e. The van der Waals surface area contributed by atoms with Gasteiger partial charge >= 0.3 is 0 Å². The second kappa shape index (κ2) is 3.35. The monoisotopic (exact) mass is 226 g/mol. The van der Waals surface area contributed by atoms with E-state index in [1.807, 2.05) is 18.2 Å². The Balaban J connectivity index is 0.000000720. The van der Waals surface area contributed by atoms with Crippen LogP contribution in [-0.4, -0.2) is 10.9 Å². The number of benzene rings is 1. The summed E-state index contributed by atoms with van der Waals surface area (Å²) in [4.78, 5) is 11.6. The summed E-state index contributed by atoms with van der Waals surface area (Å²) in [7, 11) is 0. The maximum atomic E-state index is 11.1. The molecule has 2 rings (SSSR count). The van der Waals surface area contributed by atoms with Gasteiger partial charge in [-0.3, -0.25) is 4.79 Å². The van der Waals surface area contributed by atoms with Crippen LogP contribution in [0.5, 0.6) is 0 Å². The average Bonchev–Trinajstić information content (AvgIpc) is 2.30. The van der Waals surface area contributed by atoms with Crippen molar-refractivity contribution >= 4 is 23.1 Å². The zero-order valence-corrected chi connectivity index (χ0v) is 7.69. The van der Waals surface area contributed by atoms with Gasteiger partial charge in [0.05, 0.1) is 0 Å². The molecule has 0 aliphatic carbocycles. The van der Waals surface area contributed by atoms with Gasteiger partial charge < -0.3 is 5.32 Å². The third kappa shape index (κ3) is 1.29. The number of thiocarbonyl (C=S) groups is 1. The fourth-order valence-corrected chi connectivity index (χ4v) is 1.39. The van der Waals surface area contributed by atoms with Crippen LogP contribution >= 0.6 is 12.2 Å². The van der Waals surface area contributed by atoms with Crippen molar-refractivity contribution in [3.05, 3.63) is 35.4 Å². The van der Waals surface area contributed by atoms with Crippen molar-refractivity contribution in [2.24, 2.45) is 0 Å². The number of fused-ring (bicyclic) bond motifs is 1. The predicted octanol–water partition coefficient (Wildman–Crippen LogP) is 1.10. The molecule has 2 nitrogen and oxygen atoms in total. The molecule has 0 saturated carbocycles. The van der Waals surface area contributed by atoms with Crippen LogP contribution in [0.25, 0.3) is 0 Å². The first-order valence-electron chi connectivity index (χ1n) is 3.24. The Kier molecular flexibility index (Phi) is 2.62. The summed E-state index contributed by atoms with van der Waals surface area (Å²) >= 11 is 4.92. The molecule has 0 spiro atoms. The molecule has 0 fully saturated rings. The van der Waals surface area contributed by atoms with E-state index < -0.39 is 0 Å². The molecule has 0 saturated heterocycles. The summed E-state index contributed by atoms with van der Waals surface area (Å²) < 4.78 is 0. The maximum Gasteiger partial charge on any atom is 0.257 e. The molecule has 4 heteroatoms. The molecule has 1 heterocycles. The number of amides is 1. The maximum absolute atomic E-state index is 11.1. The Labute approximate surface area is 85.8 Å². The van der Waals surface area contributed by atoms with Crippen LogP contribution in [0, 0.1) is 0 Å². The van der Waals surface area contributed by atoms with Gasteiger partial charge in [0.15, 0.2) is 0 Å². The van der Waals surface area contributed by atoms with E-state index in [0.29, 0.717) is 10.6 Å². The van der Waals surface area contributed by atoms with Crippen molar-refractivity contribution in [1.29, 1.82) is 0 Å². The van der Waals surface area contributed by atoms with E-state index in [4.69, 9.17) is 12.2 Å². The van der Waals surface area contributed by atoms with E-state index in [9.17, 15) is 4.79 Å². The van der Waals surface area contributed by atoms with Crippen LogP contribution in [0.4, 0.5) is 0 Å². The molecular formula is C8H5CuNOS. The van der Waals surface area contributed by atoms with E-state index in [2.05, 4.69) is 5.32 Å². The smallest absolute Gasteiger partial charge is 0.257 e. The summed E-state index contributed by atoms with van der Waals surface area (Å²) in [5, 5.41) is 2.57. The Morgan fingerprint density at radius 3 is 2.33 bits per heavy atom. The quantitative estimate of drug-likeness (QED) is 0.531. The number of rotatable bonds is 0. The molecule has 1 aliphatic rings. The molecule has 1 aromatic carbocycles. The minimum atomic E-state index is -0.0920. The normalized spacial score (nSPS) is 13.3. The molecule has 1 aliphatic heterocycles. The predicted molar refractivity (Wildman–Crippen MR) is 45.6 cm³/mol. The molecule has 1 amide bonds. The van der Waals surface area contributed by atoms with Gasteiger partial charge in [-0.05, 0) is 6.07 Å². The standard InChI is InChI=1S/C8H5NOS.Cu/c10-7-5-3-1-2-4-6(5)8(11)9-7;/h1-4H,(H,9,10,11);. The van der Waals surface area contributed by atoms with Crippen LogP contribution in [0.1, 0.15) is 15.9 Å². The number of carbonyl (C=O) groups is 1. The molecule has 0 aromatic heterocycles. The first-order chi connectivity index (χ1) is 5.29. The van der Waals surface area contributed by atoms with E-state index in [0.717, 1.165) is 5.56 Å². The van der Waals surface area contributed by atoms with Gasteiger partial charge in [-0.2, -0.15) is 0 Å². The topological polar surface area (TPSA) is 29.1 Å². The van der Waals surface area contributed by atoms with Crippen LogP contribution < -0.4 is 5.32 Å². The molecule has 0 bridgehead atoms. The second-order valence-corrected chi connectivity index (χ2v) is 2.74. The van der Waals surface area contributed by atoms with E-state index in [1.165, 1.54) is 0 Å². The van der Waals surface area contributed by atoms with Gasteiger partial charge in [0.1, 0.15) is 4.99 Å². The SMILES string of the molecule is O=C1NC(=S)c2ccccc21.[Cu]. The van der Waals surface area contributed by atoms with Crippen LogP contribution in [0.3, 0.4) is 0 Å². The summed E-state index contributed by atoms with van der Waals surface area (Å²) in [5.74, 6) is -0.0920. The van der Waals surface area contributed by atoms with Gasteiger partial charge in [-0.1, -0.05) is 30.4 Å². The number of carbonyl (C=O) groups excluding carboxylic acids is 1. The molecule has 0 atom stereocenters. The number of nitrogens with one attached hydrogen (secondary N) is 1. The summed E-state index contributed by atoms with van der Waals surface area (Å²) in [5.41, 5.74) is 1.52. The van der Waals surface area contributed by atoms with E-state index in [-0.39, 0.29) is 23.0 Å². The van der Waals surface area contributed by atoms with Crippen molar-refractivity contribution < 1.29 is 21.9 Å². The molecular weight excluding hydrogens is 222 g/mol. The van der Waals surface area contributed by atoms with Gasteiger partial charge in [0, 0.05) is 28.2 Å². The van der Waals surface area contributed by atoms with Gasteiger partial charge in [-0.15, -0.1) is 0 Å². The van der Waals surface area contributed by atoms with Crippen molar-refractivity contribution in [1.82, 2.24) is 5.32 Å². The Bertz CT molecular complexity index is 318. The molecule has 1 N–H and O–H groups in total. The fraction of sp³-hybridized carbons (Fsp3) is 0. The van der Waals surface area contributed by atoms with Crippen LogP contribution in [0.2, 0.25) is 0 Å². The number of hydrogen-bond acceptors (Lipinski definition) is 2. The number of hydrogen-bond donors (Lipinski definition) is 1. The third-order valence-electron chi connectivity index (χ3n) is 1.64. The van der Waals surface area contributed by atoms with Crippen molar-refractivity contribution in [2.75, 3.05) is 0 Å². The second-order valence-electron chi connectivity index (χ2n) is 2.33. The molecule has 65 valence electrons. The molecule has 1 radical (unpaired) electrons. The van der Waals surface area contributed by atoms with Crippen molar-refractivity contribution in [3.8, 4) is 0 Å². The summed E-state index contributed by atoms with van der Waals surface area (Å²) in [6.45, 7) is 0.